The van der Waals surface area contributed by atoms with Gasteiger partial charge in [0.1, 0.15) is 0 Å². The Labute approximate surface area is 117 Å². The number of carbonyl (C=O) groups is 1. The van der Waals surface area contributed by atoms with Crippen molar-refractivity contribution in [2.24, 2.45) is 5.92 Å². The number of rotatable bonds is 4. The molecule has 0 radical (unpaired) electrons. The zero-order valence-electron chi connectivity index (χ0n) is 10.3. The number of benzene rings is 1. The molecule has 1 atom stereocenters. The van der Waals surface area contributed by atoms with Gasteiger partial charge in [-0.05, 0) is 42.0 Å². The molecule has 1 fully saturated rings. The Morgan fingerprint density at radius 1 is 1.56 bits per heavy atom. The lowest BCUT2D eigenvalue weighted by Gasteiger charge is -2.12. The summed E-state index contributed by atoms with van der Waals surface area (Å²) in [5.74, 6) is 3.06. The summed E-state index contributed by atoms with van der Waals surface area (Å²) >= 11 is 8.01. The molecule has 1 heterocycles. The van der Waals surface area contributed by atoms with Crippen molar-refractivity contribution in [3.05, 3.63) is 28.8 Å². The van der Waals surface area contributed by atoms with Crippen molar-refractivity contribution in [2.75, 3.05) is 30.4 Å². The highest BCUT2D eigenvalue weighted by Crippen LogP contribution is 2.25. The molecule has 1 amide bonds. The Balaban J connectivity index is 2.02. The van der Waals surface area contributed by atoms with E-state index >= 15 is 0 Å². The number of anilines is 1. The van der Waals surface area contributed by atoms with Crippen LogP contribution >= 0.6 is 23.4 Å². The molecule has 98 valence electrons. The third-order valence-electron chi connectivity index (χ3n) is 3.06. The van der Waals surface area contributed by atoms with Gasteiger partial charge in [-0.1, -0.05) is 11.6 Å². The van der Waals surface area contributed by atoms with E-state index in [-0.39, 0.29) is 5.91 Å². The number of thioether (sulfide) groups is 1. The fourth-order valence-electron chi connectivity index (χ4n) is 1.95. The van der Waals surface area contributed by atoms with Gasteiger partial charge in [0.05, 0.1) is 10.6 Å². The molecule has 5 heteroatoms. The number of hydrogen-bond donors (Lipinski definition) is 2. The summed E-state index contributed by atoms with van der Waals surface area (Å²) in [4.78, 5) is 11.6. The third-order valence-corrected chi connectivity index (χ3v) is 4.62. The number of amides is 1. The second kappa shape index (κ2) is 6.34. The largest absolute Gasteiger partial charge is 0.385 e. The summed E-state index contributed by atoms with van der Waals surface area (Å²) in [6.45, 7) is 0.960. The molecule has 0 spiro atoms. The van der Waals surface area contributed by atoms with Crippen molar-refractivity contribution in [2.45, 2.75) is 6.42 Å². The molecule has 2 rings (SSSR count). The van der Waals surface area contributed by atoms with Crippen LogP contribution in [0.15, 0.2) is 18.2 Å². The Morgan fingerprint density at radius 3 is 3.06 bits per heavy atom. The highest BCUT2D eigenvalue weighted by atomic mass is 35.5. The molecule has 0 aromatic heterocycles. The Morgan fingerprint density at radius 2 is 2.39 bits per heavy atom. The minimum Gasteiger partial charge on any atom is -0.385 e. The van der Waals surface area contributed by atoms with Gasteiger partial charge >= 0.3 is 0 Å². The summed E-state index contributed by atoms with van der Waals surface area (Å²) < 4.78 is 0. The van der Waals surface area contributed by atoms with Crippen molar-refractivity contribution in [1.29, 1.82) is 0 Å². The first-order chi connectivity index (χ1) is 8.70. The van der Waals surface area contributed by atoms with Gasteiger partial charge in [0, 0.05) is 19.3 Å². The van der Waals surface area contributed by atoms with E-state index in [1.807, 2.05) is 23.9 Å². The lowest BCUT2D eigenvalue weighted by Crippen LogP contribution is -2.19. The van der Waals surface area contributed by atoms with E-state index in [2.05, 4.69) is 10.6 Å². The van der Waals surface area contributed by atoms with Gasteiger partial charge in [0.2, 0.25) is 0 Å². The minimum atomic E-state index is -0.153. The lowest BCUT2D eigenvalue weighted by atomic mass is 10.1. The first-order valence-electron chi connectivity index (χ1n) is 6.04. The predicted octanol–water partition coefficient (Wildman–Crippen LogP) is 2.86. The topological polar surface area (TPSA) is 41.1 Å². The zero-order valence-corrected chi connectivity index (χ0v) is 11.9. The van der Waals surface area contributed by atoms with Crippen LogP contribution in [0.5, 0.6) is 0 Å². The Bertz CT molecular complexity index is 433. The van der Waals surface area contributed by atoms with Crippen molar-refractivity contribution in [3.8, 4) is 0 Å². The first kappa shape index (κ1) is 13.6. The standard InChI is InChI=1S/C13H17ClN2OS/c1-15-13(17)11-6-10(2-3-12(11)14)16-7-9-4-5-18-8-9/h2-3,6,9,16H,4-5,7-8H2,1H3,(H,15,17). The van der Waals surface area contributed by atoms with E-state index < -0.39 is 0 Å². The average Bonchev–Trinajstić information content (AvgIpc) is 2.90. The Hall–Kier alpha value is -0.870. The summed E-state index contributed by atoms with van der Waals surface area (Å²) in [6.07, 6.45) is 1.27. The average molecular weight is 285 g/mol. The fourth-order valence-corrected chi connectivity index (χ4v) is 3.44. The predicted molar refractivity (Wildman–Crippen MR) is 78.8 cm³/mol. The van der Waals surface area contributed by atoms with Crippen LogP contribution in [-0.4, -0.2) is 31.0 Å². The number of nitrogens with one attached hydrogen (secondary N) is 2. The highest BCUT2D eigenvalue weighted by molar-refractivity contribution is 7.99. The van der Waals surface area contributed by atoms with Crippen LogP contribution in [0.25, 0.3) is 0 Å². The molecule has 1 aliphatic rings. The zero-order chi connectivity index (χ0) is 13.0. The minimum absolute atomic E-state index is 0.153. The molecule has 1 aromatic carbocycles. The maximum atomic E-state index is 11.6. The second-order valence-corrected chi connectivity index (χ2v) is 5.94. The fraction of sp³-hybridized carbons (Fsp3) is 0.462. The van der Waals surface area contributed by atoms with Gasteiger partial charge in [-0.2, -0.15) is 11.8 Å². The highest BCUT2D eigenvalue weighted by Gasteiger charge is 2.15. The number of halogens is 1. The molecule has 0 aliphatic carbocycles. The molecule has 0 saturated carbocycles. The SMILES string of the molecule is CNC(=O)c1cc(NCC2CCSC2)ccc1Cl. The van der Waals surface area contributed by atoms with Crippen LogP contribution in [0, 0.1) is 5.92 Å². The van der Waals surface area contributed by atoms with E-state index in [0.717, 1.165) is 18.2 Å². The quantitative estimate of drug-likeness (QED) is 0.893. The van der Waals surface area contributed by atoms with E-state index in [0.29, 0.717) is 10.6 Å². The summed E-state index contributed by atoms with van der Waals surface area (Å²) in [5.41, 5.74) is 1.47. The van der Waals surface area contributed by atoms with Crippen LogP contribution in [0.4, 0.5) is 5.69 Å². The molecular weight excluding hydrogens is 268 g/mol. The molecular formula is C13H17ClN2OS. The molecule has 1 saturated heterocycles. The molecule has 18 heavy (non-hydrogen) atoms. The van der Waals surface area contributed by atoms with Crippen LogP contribution in [0.1, 0.15) is 16.8 Å². The van der Waals surface area contributed by atoms with Gasteiger partial charge < -0.3 is 10.6 Å². The molecule has 2 N–H and O–H groups in total. The maximum Gasteiger partial charge on any atom is 0.252 e. The van der Waals surface area contributed by atoms with E-state index in [1.165, 1.54) is 17.9 Å². The number of hydrogen-bond acceptors (Lipinski definition) is 3. The van der Waals surface area contributed by atoms with Crippen LogP contribution in [-0.2, 0) is 0 Å². The van der Waals surface area contributed by atoms with Gasteiger partial charge in [-0.25, -0.2) is 0 Å². The molecule has 1 aliphatic heterocycles. The van der Waals surface area contributed by atoms with Gasteiger partial charge in [-0.3, -0.25) is 4.79 Å². The van der Waals surface area contributed by atoms with E-state index in [9.17, 15) is 4.79 Å². The summed E-state index contributed by atoms with van der Waals surface area (Å²) in [5, 5.41) is 6.46. The smallest absolute Gasteiger partial charge is 0.252 e. The Kier molecular flexibility index (Phi) is 4.78. The van der Waals surface area contributed by atoms with Crippen molar-refractivity contribution < 1.29 is 4.79 Å². The van der Waals surface area contributed by atoms with Crippen molar-refractivity contribution in [3.63, 3.8) is 0 Å². The summed E-state index contributed by atoms with van der Waals surface area (Å²) in [6, 6.07) is 5.48. The van der Waals surface area contributed by atoms with E-state index in [1.54, 1.807) is 13.1 Å². The summed E-state index contributed by atoms with van der Waals surface area (Å²) in [7, 11) is 1.61. The molecule has 1 aromatic rings. The molecule has 3 nitrogen and oxygen atoms in total. The monoisotopic (exact) mass is 284 g/mol. The van der Waals surface area contributed by atoms with Crippen molar-refractivity contribution in [1.82, 2.24) is 5.32 Å². The van der Waals surface area contributed by atoms with Crippen LogP contribution in [0.2, 0.25) is 5.02 Å². The van der Waals surface area contributed by atoms with E-state index in [4.69, 9.17) is 11.6 Å². The second-order valence-electron chi connectivity index (χ2n) is 4.38. The first-order valence-corrected chi connectivity index (χ1v) is 7.57. The lowest BCUT2D eigenvalue weighted by molar-refractivity contribution is 0.0963. The maximum absolute atomic E-state index is 11.6. The number of carbonyl (C=O) groups excluding carboxylic acids is 1. The van der Waals surface area contributed by atoms with Gasteiger partial charge in [0.25, 0.3) is 5.91 Å². The third kappa shape index (κ3) is 3.33. The molecule has 0 bridgehead atoms. The van der Waals surface area contributed by atoms with Crippen LogP contribution in [0.3, 0.4) is 0 Å². The van der Waals surface area contributed by atoms with Crippen LogP contribution < -0.4 is 10.6 Å². The van der Waals surface area contributed by atoms with Gasteiger partial charge in [0.15, 0.2) is 0 Å². The van der Waals surface area contributed by atoms with Gasteiger partial charge in [-0.15, -0.1) is 0 Å². The normalized spacial score (nSPS) is 18.7. The molecule has 1 unspecified atom stereocenters. The van der Waals surface area contributed by atoms with Crippen molar-refractivity contribution >= 4 is 35.0 Å².